The molecule has 0 radical (unpaired) electrons. The standard InChI is InChI=1S/C15H22O4/c1-17-13-8-11(9-14(18-2)15(13)19-3)10-4-6-12(16)7-5-10/h8-10,12,16H,4-7H2,1-3H3. The van der Waals surface area contributed by atoms with Gasteiger partial charge in [-0.25, -0.2) is 0 Å². The van der Waals surface area contributed by atoms with Crippen LogP contribution in [0.25, 0.3) is 0 Å². The third-order valence-electron chi connectivity index (χ3n) is 3.86. The lowest BCUT2D eigenvalue weighted by molar-refractivity contribution is 0.122. The molecule has 19 heavy (non-hydrogen) atoms. The van der Waals surface area contributed by atoms with E-state index in [4.69, 9.17) is 14.2 Å². The molecule has 1 N–H and O–H groups in total. The number of methoxy groups -OCH3 is 3. The molecule has 1 fully saturated rings. The molecule has 1 aliphatic rings. The number of aliphatic hydroxyl groups excluding tert-OH is 1. The predicted molar refractivity (Wildman–Crippen MR) is 73.3 cm³/mol. The summed E-state index contributed by atoms with van der Waals surface area (Å²) in [5.74, 6) is 2.48. The van der Waals surface area contributed by atoms with E-state index < -0.39 is 0 Å². The van der Waals surface area contributed by atoms with Gasteiger partial charge in [0.25, 0.3) is 0 Å². The van der Waals surface area contributed by atoms with Crippen LogP contribution in [0.1, 0.15) is 37.2 Å². The van der Waals surface area contributed by atoms with Crippen molar-refractivity contribution in [1.29, 1.82) is 0 Å². The molecule has 0 aromatic heterocycles. The molecule has 0 bridgehead atoms. The van der Waals surface area contributed by atoms with Crippen LogP contribution in [0.5, 0.6) is 17.2 Å². The Balaban J connectivity index is 2.30. The van der Waals surface area contributed by atoms with Gasteiger partial charge < -0.3 is 19.3 Å². The summed E-state index contributed by atoms with van der Waals surface area (Å²) in [4.78, 5) is 0. The molecular formula is C15H22O4. The molecule has 0 unspecified atom stereocenters. The molecule has 4 heteroatoms. The molecule has 1 saturated carbocycles. The summed E-state index contributed by atoms with van der Waals surface area (Å²) in [5.41, 5.74) is 1.20. The Bertz CT molecular complexity index is 397. The molecule has 0 amide bonds. The highest BCUT2D eigenvalue weighted by atomic mass is 16.5. The Kier molecular flexibility index (Phi) is 4.53. The smallest absolute Gasteiger partial charge is 0.203 e. The molecule has 0 atom stereocenters. The van der Waals surface area contributed by atoms with Crippen molar-refractivity contribution in [3.63, 3.8) is 0 Å². The summed E-state index contributed by atoms with van der Waals surface area (Å²) >= 11 is 0. The van der Waals surface area contributed by atoms with Gasteiger partial charge in [0, 0.05) is 0 Å². The largest absolute Gasteiger partial charge is 0.493 e. The van der Waals surface area contributed by atoms with Gasteiger partial charge in [-0.2, -0.15) is 0 Å². The summed E-state index contributed by atoms with van der Waals surface area (Å²) < 4.78 is 16.1. The van der Waals surface area contributed by atoms with Crippen molar-refractivity contribution >= 4 is 0 Å². The van der Waals surface area contributed by atoms with Crippen molar-refractivity contribution < 1.29 is 19.3 Å². The minimum Gasteiger partial charge on any atom is -0.493 e. The third kappa shape index (κ3) is 2.95. The first kappa shape index (κ1) is 14.0. The molecule has 0 spiro atoms. The summed E-state index contributed by atoms with van der Waals surface area (Å²) in [6.45, 7) is 0. The molecule has 0 aliphatic heterocycles. The molecule has 1 aromatic carbocycles. The van der Waals surface area contributed by atoms with Gasteiger partial charge in [-0.3, -0.25) is 0 Å². The van der Waals surface area contributed by atoms with Gasteiger partial charge in [0.2, 0.25) is 5.75 Å². The Morgan fingerprint density at radius 2 is 1.42 bits per heavy atom. The minimum absolute atomic E-state index is 0.140. The van der Waals surface area contributed by atoms with Crippen LogP contribution in [-0.4, -0.2) is 32.5 Å². The van der Waals surface area contributed by atoms with Crippen LogP contribution in [0.15, 0.2) is 12.1 Å². The molecule has 1 aliphatic carbocycles. The number of benzene rings is 1. The normalized spacial score (nSPS) is 22.9. The third-order valence-corrected chi connectivity index (χ3v) is 3.86. The monoisotopic (exact) mass is 266 g/mol. The van der Waals surface area contributed by atoms with Gasteiger partial charge in [-0.1, -0.05) is 0 Å². The highest BCUT2D eigenvalue weighted by molar-refractivity contribution is 5.54. The zero-order valence-electron chi connectivity index (χ0n) is 11.8. The summed E-state index contributed by atoms with van der Waals surface area (Å²) in [6.07, 6.45) is 3.58. The first-order valence-corrected chi connectivity index (χ1v) is 6.67. The molecule has 1 aromatic rings. The Morgan fingerprint density at radius 3 is 1.84 bits per heavy atom. The van der Waals surface area contributed by atoms with Crippen LogP contribution >= 0.6 is 0 Å². The van der Waals surface area contributed by atoms with Gasteiger partial charge in [0.1, 0.15) is 0 Å². The Hall–Kier alpha value is -1.42. The number of hydrogen-bond acceptors (Lipinski definition) is 4. The van der Waals surface area contributed by atoms with E-state index in [1.807, 2.05) is 12.1 Å². The van der Waals surface area contributed by atoms with Gasteiger partial charge >= 0.3 is 0 Å². The van der Waals surface area contributed by atoms with Crippen molar-refractivity contribution in [2.75, 3.05) is 21.3 Å². The van der Waals surface area contributed by atoms with Crippen molar-refractivity contribution in [3.05, 3.63) is 17.7 Å². The number of rotatable bonds is 4. The fourth-order valence-electron chi connectivity index (χ4n) is 2.75. The molecular weight excluding hydrogens is 244 g/mol. The number of hydrogen-bond donors (Lipinski definition) is 1. The molecule has 0 heterocycles. The second-order valence-corrected chi connectivity index (χ2v) is 4.96. The Labute approximate surface area is 114 Å². The molecule has 0 saturated heterocycles. The lowest BCUT2D eigenvalue weighted by Crippen LogP contribution is -2.17. The first-order chi connectivity index (χ1) is 9.19. The van der Waals surface area contributed by atoms with Crippen LogP contribution in [-0.2, 0) is 0 Å². The second-order valence-electron chi connectivity index (χ2n) is 4.96. The highest BCUT2D eigenvalue weighted by Gasteiger charge is 2.23. The maximum atomic E-state index is 9.59. The Morgan fingerprint density at radius 1 is 0.895 bits per heavy atom. The SMILES string of the molecule is COc1cc(C2CCC(O)CC2)cc(OC)c1OC. The zero-order chi connectivity index (χ0) is 13.8. The summed E-state index contributed by atoms with van der Waals surface area (Å²) in [5, 5.41) is 9.59. The fraction of sp³-hybridized carbons (Fsp3) is 0.600. The zero-order valence-corrected chi connectivity index (χ0v) is 11.8. The van der Waals surface area contributed by atoms with Crippen molar-refractivity contribution in [2.45, 2.75) is 37.7 Å². The van der Waals surface area contributed by atoms with Gasteiger partial charge in [0.15, 0.2) is 11.5 Å². The van der Waals surface area contributed by atoms with Crippen molar-refractivity contribution in [2.24, 2.45) is 0 Å². The number of ether oxygens (including phenoxy) is 3. The van der Waals surface area contributed by atoms with E-state index in [0.717, 1.165) is 25.7 Å². The van der Waals surface area contributed by atoms with E-state index in [1.165, 1.54) is 5.56 Å². The van der Waals surface area contributed by atoms with E-state index in [0.29, 0.717) is 23.2 Å². The average Bonchev–Trinajstić information content (AvgIpc) is 2.46. The lowest BCUT2D eigenvalue weighted by Gasteiger charge is -2.26. The predicted octanol–water partition coefficient (Wildman–Crippen LogP) is 2.73. The summed E-state index contributed by atoms with van der Waals surface area (Å²) in [7, 11) is 4.87. The fourth-order valence-corrected chi connectivity index (χ4v) is 2.75. The van der Waals surface area contributed by atoms with E-state index >= 15 is 0 Å². The van der Waals surface area contributed by atoms with E-state index in [2.05, 4.69) is 0 Å². The van der Waals surface area contributed by atoms with Crippen LogP contribution in [0.2, 0.25) is 0 Å². The van der Waals surface area contributed by atoms with E-state index in [1.54, 1.807) is 21.3 Å². The van der Waals surface area contributed by atoms with E-state index in [-0.39, 0.29) is 6.10 Å². The van der Waals surface area contributed by atoms with Gasteiger partial charge in [0.05, 0.1) is 27.4 Å². The van der Waals surface area contributed by atoms with Crippen LogP contribution in [0, 0.1) is 0 Å². The average molecular weight is 266 g/mol. The van der Waals surface area contributed by atoms with Gasteiger partial charge in [-0.05, 0) is 49.3 Å². The quantitative estimate of drug-likeness (QED) is 0.910. The van der Waals surface area contributed by atoms with Gasteiger partial charge in [-0.15, -0.1) is 0 Å². The maximum Gasteiger partial charge on any atom is 0.203 e. The minimum atomic E-state index is -0.140. The maximum absolute atomic E-state index is 9.59. The van der Waals surface area contributed by atoms with Crippen LogP contribution in [0.4, 0.5) is 0 Å². The first-order valence-electron chi connectivity index (χ1n) is 6.67. The van der Waals surface area contributed by atoms with Crippen LogP contribution in [0.3, 0.4) is 0 Å². The summed E-state index contributed by atoms with van der Waals surface area (Å²) in [6, 6.07) is 4.04. The number of aliphatic hydroxyl groups is 1. The van der Waals surface area contributed by atoms with Crippen molar-refractivity contribution in [3.8, 4) is 17.2 Å². The molecule has 106 valence electrons. The molecule has 2 rings (SSSR count). The van der Waals surface area contributed by atoms with E-state index in [9.17, 15) is 5.11 Å². The van der Waals surface area contributed by atoms with Crippen LogP contribution < -0.4 is 14.2 Å². The molecule has 4 nitrogen and oxygen atoms in total. The lowest BCUT2D eigenvalue weighted by atomic mass is 9.82. The second kappa shape index (κ2) is 6.15. The van der Waals surface area contributed by atoms with Crippen molar-refractivity contribution in [1.82, 2.24) is 0 Å². The highest BCUT2D eigenvalue weighted by Crippen LogP contribution is 2.42. The topological polar surface area (TPSA) is 47.9 Å².